The second-order valence-corrected chi connectivity index (χ2v) is 3.36. The van der Waals surface area contributed by atoms with Crippen molar-refractivity contribution >= 4 is 17.5 Å². The van der Waals surface area contributed by atoms with Crippen LogP contribution in [0, 0.1) is 0 Å². The first kappa shape index (κ1) is 13.0. The summed E-state index contributed by atoms with van der Waals surface area (Å²) < 4.78 is 0. The fraction of sp³-hybridized carbons (Fsp3) is 0.273. The molecule has 0 unspecified atom stereocenters. The number of nitrogen functional groups attached to an aromatic ring is 1. The maximum absolute atomic E-state index is 11.6. The third kappa shape index (κ3) is 4.12. The predicted octanol–water partition coefficient (Wildman–Crippen LogP) is -0.162. The molecule has 0 aliphatic heterocycles. The number of hydrazine groups is 1. The van der Waals surface area contributed by atoms with Crippen molar-refractivity contribution in [2.45, 2.75) is 6.92 Å². The van der Waals surface area contributed by atoms with E-state index >= 15 is 0 Å². The first-order chi connectivity index (χ1) is 8.17. The molecule has 1 aromatic rings. The van der Waals surface area contributed by atoms with E-state index in [-0.39, 0.29) is 18.4 Å². The molecule has 0 spiro atoms. The molecule has 0 bridgehead atoms. The van der Waals surface area contributed by atoms with Crippen LogP contribution in [0.15, 0.2) is 24.3 Å². The Kier molecular flexibility index (Phi) is 4.96. The van der Waals surface area contributed by atoms with E-state index in [1.54, 1.807) is 24.3 Å². The van der Waals surface area contributed by atoms with E-state index in [0.717, 1.165) is 0 Å². The lowest BCUT2D eigenvalue weighted by molar-refractivity contribution is -0.120. The smallest absolute Gasteiger partial charge is 0.251 e. The standard InChI is InChI=1S/C11H16N4O2/c1-2-13-10(16)7-14-11(17)8-3-5-9(15-12)6-4-8/h3-6,15H,2,7,12H2,1H3,(H,13,16)(H,14,17). The highest BCUT2D eigenvalue weighted by Gasteiger charge is 2.06. The molecular weight excluding hydrogens is 220 g/mol. The molecule has 1 rings (SSSR count). The average Bonchev–Trinajstić information content (AvgIpc) is 2.36. The van der Waals surface area contributed by atoms with E-state index in [0.29, 0.717) is 17.8 Å². The lowest BCUT2D eigenvalue weighted by Gasteiger charge is -2.06. The van der Waals surface area contributed by atoms with Crippen molar-refractivity contribution < 1.29 is 9.59 Å². The van der Waals surface area contributed by atoms with Gasteiger partial charge in [-0.1, -0.05) is 0 Å². The van der Waals surface area contributed by atoms with E-state index in [2.05, 4.69) is 16.1 Å². The van der Waals surface area contributed by atoms with E-state index in [9.17, 15) is 9.59 Å². The molecule has 0 saturated carbocycles. The average molecular weight is 236 g/mol. The Hall–Kier alpha value is -2.08. The maximum Gasteiger partial charge on any atom is 0.251 e. The number of anilines is 1. The molecule has 0 saturated heterocycles. The SMILES string of the molecule is CCNC(=O)CNC(=O)c1ccc(NN)cc1. The molecule has 0 aliphatic rings. The molecule has 92 valence electrons. The van der Waals surface area contributed by atoms with Crippen molar-refractivity contribution in [3.63, 3.8) is 0 Å². The minimum Gasteiger partial charge on any atom is -0.355 e. The molecule has 0 aromatic heterocycles. The van der Waals surface area contributed by atoms with Gasteiger partial charge in [0.05, 0.1) is 6.54 Å². The highest BCUT2D eigenvalue weighted by molar-refractivity contribution is 5.96. The van der Waals surface area contributed by atoms with Gasteiger partial charge in [-0.2, -0.15) is 0 Å². The molecule has 0 atom stereocenters. The van der Waals surface area contributed by atoms with Crippen LogP contribution in [0.25, 0.3) is 0 Å². The van der Waals surface area contributed by atoms with Gasteiger partial charge in [-0.3, -0.25) is 15.4 Å². The molecule has 2 amide bonds. The van der Waals surface area contributed by atoms with Gasteiger partial charge in [-0.15, -0.1) is 0 Å². The number of rotatable bonds is 5. The summed E-state index contributed by atoms with van der Waals surface area (Å²) in [5.41, 5.74) is 3.66. The van der Waals surface area contributed by atoms with Crippen LogP contribution in [0.2, 0.25) is 0 Å². The summed E-state index contributed by atoms with van der Waals surface area (Å²) in [6.07, 6.45) is 0. The first-order valence-corrected chi connectivity index (χ1v) is 5.29. The minimum absolute atomic E-state index is 0.0242. The van der Waals surface area contributed by atoms with Gasteiger partial charge in [-0.25, -0.2) is 0 Å². The molecule has 0 fully saturated rings. The Morgan fingerprint density at radius 2 is 1.82 bits per heavy atom. The number of hydrogen-bond donors (Lipinski definition) is 4. The third-order valence-electron chi connectivity index (χ3n) is 2.10. The molecule has 1 aromatic carbocycles. The van der Waals surface area contributed by atoms with Crippen LogP contribution in [0.4, 0.5) is 5.69 Å². The Labute approximate surface area is 99.5 Å². The number of benzene rings is 1. The number of carbonyl (C=O) groups is 2. The van der Waals surface area contributed by atoms with E-state index < -0.39 is 0 Å². The number of nitrogens with two attached hydrogens (primary N) is 1. The Morgan fingerprint density at radius 1 is 1.18 bits per heavy atom. The zero-order valence-electron chi connectivity index (χ0n) is 9.62. The summed E-state index contributed by atoms with van der Waals surface area (Å²) in [4.78, 5) is 22.7. The fourth-order valence-corrected chi connectivity index (χ4v) is 1.24. The summed E-state index contributed by atoms with van der Waals surface area (Å²) in [6, 6.07) is 6.62. The van der Waals surface area contributed by atoms with E-state index in [4.69, 9.17) is 5.84 Å². The third-order valence-corrected chi connectivity index (χ3v) is 2.10. The molecule has 6 nitrogen and oxygen atoms in total. The normalized spacial score (nSPS) is 9.53. The van der Waals surface area contributed by atoms with Crippen molar-refractivity contribution in [1.29, 1.82) is 0 Å². The van der Waals surface area contributed by atoms with Crippen molar-refractivity contribution in [2.75, 3.05) is 18.5 Å². The molecule has 0 heterocycles. The Balaban J connectivity index is 2.49. The fourth-order valence-electron chi connectivity index (χ4n) is 1.24. The summed E-state index contributed by atoms with van der Waals surface area (Å²) in [5, 5.41) is 5.11. The van der Waals surface area contributed by atoms with Crippen LogP contribution in [-0.4, -0.2) is 24.9 Å². The van der Waals surface area contributed by atoms with Gasteiger partial charge in [0.25, 0.3) is 5.91 Å². The molecule has 0 aliphatic carbocycles. The van der Waals surface area contributed by atoms with Gasteiger partial charge in [0.1, 0.15) is 0 Å². The number of nitrogens with one attached hydrogen (secondary N) is 3. The van der Waals surface area contributed by atoms with Gasteiger partial charge in [0, 0.05) is 17.8 Å². The van der Waals surface area contributed by atoms with E-state index in [1.807, 2.05) is 6.92 Å². The number of amides is 2. The number of carbonyl (C=O) groups excluding carboxylic acids is 2. The summed E-state index contributed by atoms with van der Waals surface area (Å²) in [6.45, 7) is 2.34. The molecule has 5 N–H and O–H groups in total. The summed E-state index contributed by atoms with van der Waals surface area (Å²) in [5.74, 6) is 4.71. The molecular formula is C11H16N4O2. The lowest BCUT2D eigenvalue weighted by atomic mass is 10.2. The van der Waals surface area contributed by atoms with Crippen molar-refractivity contribution in [1.82, 2.24) is 10.6 Å². The summed E-state index contributed by atoms with van der Waals surface area (Å²) >= 11 is 0. The van der Waals surface area contributed by atoms with Crippen LogP contribution in [0.1, 0.15) is 17.3 Å². The van der Waals surface area contributed by atoms with Crippen molar-refractivity contribution in [3.05, 3.63) is 29.8 Å². The van der Waals surface area contributed by atoms with Gasteiger partial charge >= 0.3 is 0 Å². The predicted molar refractivity (Wildman–Crippen MR) is 65.3 cm³/mol. The highest BCUT2D eigenvalue weighted by Crippen LogP contribution is 2.07. The van der Waals surface area contributed by atoms with Crippen molar-refractivity contribution in [2.24, 2.45) is 5.84 Å². The highest BCUT2D eigenvalue weighted by atomic mass is 16.2. The molecule has 0 radical (unpaired) electrons. The number of likely N-dealkylation sites (N-methyl/N-ethyl adjacent to an activating group) is 1. The second-order valence-electron chi connectivity index (χ2n) is 3.36. The lowest BCUT2D eigenvalue weighted by Crippen LogP contribution is -2.36. The monoisotopic (exact) mass is 236 g/mol. The molecule has 6 heteroatoms. The summed E-state index contributed by atoms with van der Waals surface area (Å²) in [7, 11) is 0. The van der Waals surface area contributed by atoms with Gasteiger partial charge in [-0.05, 0) is 31.2 Å². The largest absolute Gasteiger partial charge is 0.355 e. The minimum atomic E-state index is -0.292. The van der Waals surface area contributed by atoms with Crippen LogP contribution in [-0.2, 0) is 4.79 Å². The zero-order chi connectivity index (χ0) is 12.7. The molecule has 17 heavy (non-hydrogen) atoms. The van der Waals surface area contributed by atoms with E-state index in [1.165, 1.54) is 0 Å². The van der Waals surface area contributed by atoms with Gasteiger partial charge in [0.15, 0.2) is 0 Å². The van der Waals surface area contributed by atoms with Crippen molar-refractivity contribution in [3.8, 4) is 0 Å². The first-order valence-electron chi connectivity index (χ1n) is 5.29. The van der Waals surface area contributed by atoms with Gasteiger partial charge in [0.2, 0.25) is 5.91 Å². The topological polar surface area (TPSA) is 96.2 Å². The van der Waals surface area contributed by atoms with Crippen LogP contribution < -0.4 is 21.9 Å². The maximum atomic E-state index is 11.6. The second kappa shape index (κ2) is 6.49. The van der Waals surface area contributed by atoms with Gasteiger partial charge < -0.3 is 16.1 Å². The number of hydrogen-bond acceptors (Lipinski definition) is 4. The van der Waals surface area contributed by atoms with Crippen LogP contribution >= 0.6 is 0 Å². The zero-order valence-corrected chi connectivity index (χ0v) is 9.62. The van der Waals surface area contributed by atoms with Crippen LogP contribution in [0.3, 0.4) is 0 Å². The van der Waals surface area contributed by atoms with Crippen LogP contribution in [0.5, 0.6) is 0 Å². The Morgan fingerprint density at radius 3 is 2.35 bits per heavy atom. The Bertz CT molecular complexity index is 389. The quantitative estimate of drug-likeness (QED) is 0.422.